The van der Waals surface area contributed by atoms with E-state index in [-0.39, 0.29) is 25.1 Å². The molecule has 0 aliphatic carbocycles. The molecule has 0 aromatic rings. The van der Waals surface area contributed by atoms with E-state index in [2.05, 4.69) is 0 Å². The molecule has 3 nitrogen and oxygen atoms in total. The Kier molecular flexibility index (Phi) is 5.09. The summed E-state index contributed by atoms with van der Waals surface area (Å²) in [6.45, 7) is 0.902. The van der Waals surface area contributed by atoms with Gasteiger partial charge >= 0.3 is 6.18 Å². The highest BCUT2D eigenvalue weighted by Crippen LogP contribution is 2.33. The van der Waals surface area contributed by atoms with Crippen LogP contribution in [0.3, 0.4) is 0 Å². The van der Waals surface area contributed by atoms with E-state index < -0.39 is 21.1 Å². The third-order valence-electron chi connectivity index (χ3n) is 2.83. The van der Waals surface area contributed by atoms with Gasteiger partial charge in [-0.25, -0.2) is 8.42 Å². The third kappa shape index (κ3) is 5.92. The van der Waals surface area contributed by atoms with Crippen molar-refractivity contribution in [1.82, 2.24) is 4.90 Å². The number of likely N-dealkylation sites (tertiary alicyclic amines) is 1. The van der Waals surface area contributed by atoms with E-state index in [1.54, 1.807) is 4.90 Å². The monoisotopic (exact) mass is 293 g/mol. The summed E-state index contributed by atoms with van der Waals surface area (Å²) in [5, 5.41) is 0. The number of rotatable bonds is 4. The predicted molar refractivity (Wildman–Crippen MR) is 59.5 cm³/mol. The minimum absolute atomic E-state index is 0.0359. The Bertz CT molecular complexity index is 345. The van der Waals surface area contributed by atoms with Gasteiger partial charge in [0.25, 0.3) is 0 Å². The fourth-order valence-electron chi connectivity index (χ4n) is 1.99. The van der Waals surface area contributed by atoms with Crippen molar-refractivity contribution in [3.05, 3.63) is 0 Å². The van der Waals surface area contributed by atoms with Gasteiger partial charge in [-0.15, -0.1) is 0 Å². The van der Waals surface area contributed by atoms with Crippen LogP contribution in [0, 0.1) is 5.92 Å². The van der Waals surface area contributed by atoms with E-state index in [1.165, 1.54) is 0 Å². The average molecular weight is 294 g/mol. The summed E-state index contributed by atoms with van der Waals surface area (Å²) < 4.78 is 58.8. The van der Waals surface area contributed by atoms with Crippen LogP contribution < -0.4 is 0 Å². The predicted octanol–water partition coefficient (Wildman–Crippen LogP) is 2.22. The van der Waals surface area contributed by atoms with E-state index in [0.717, 1.165) is 0 Å². The maximum absolute atomic E-state index is 12.5. The summed E-state index contributed by atoms with van der Waals surface area (Å²) in [6, 6.07) is 0. The molecule has 17 heavy (non-hydrogen) atoms. The molecule has 0 bridgehead atoms. The third-order valence-corrected chi connectivity index (χ3v) is 4.07. The Balaban J connectivity index is 2.35. The summed E-state index contributed by atoms with van der Waals surface area (Å²) in [5.74, 6) is -1.48. The van der Waals surface area contributed by atoms with Gasteiger partial charge in [0.1, 0.15) is 0 Å². The van der Waals surface area contributed by atoms with Gasteiger partial charge in [0.2, 0.25) is 9.05 Å². The molecule has 1 heterocycles. The molecule has 0 aromatic carbocycles. The molecule has 0 aromatic heterocycles. The van der Waals surface area contributed by atoms with Gasteiger partial charge in [0.05, 0.1) is 11.7 Å². The minimum Gasteiger partial charge on any atom is -0.303 e. The van der Waals surface area contributed by atoms with Crippen molar-refractivity contribution in [1.29, 1.82) is 0 Å². The Morgan fingerprint density at radius 2 is 2.00 bits per heavy atom. The molecule has 8 heteroatoms. The molecular formula is C9H15ClF3NO2S. The average Bonchev–Trinajstić information content (AvgIpc) is 2.15. The summed E-state index contributed by atoms with van der Waals surface area (Å²) in [5.41, 5.74) is 0. The highest BCUT2D eigenvalue weighted by Gasteiger charge is 2.41. The largest absolute Gasteiger partial charge is 0.393 e. The first-order valence-corrected chi connectivity index (χ1v) is 7.88. The van der Waals surface area contributed by atoms with Gasteiger partial charge in [-0.05, 0) is 32.4 Å². The van der Waals surface area contributed by atoms with Crippen LogP contribution in [-0.4, -0.2) is 44.9 Å². The normalized spacial score (nSPS) is 23.9. The number of alkyl halides is 3. The van der Waals surface area contributed by atoms with Crippen LogP contribution in [0.4, 0.5) is 13.2 Å². The van der Waals surface area contributed by atoms with Crippen LogP contribution in [-0.2, 0) is 9.05 Å². The molecule has 0 saturated carbocycles. The number of halogens is 4. The summed E-state index contributed by atoms with van der Waals surface area (Å²) in [7, 11) is 1.48. The second kappa shape index (κ2) is 5.75. The Labute approximate surface area is 103 Å². The van der Waals surface area contributed by atoms with Crippen molar-refractivity contribution in [2.75, 3.05) is 25.4 Å². The van der Waals surface area contributed by atoms with Gasteiger partial charge in [-0.2, -0.15) is 13.2 Å². The van der Waals surface area contributed by atoms with Crippen LogP contribution in [0.5, 0.6) is 0 Å². The first-order chi connectivity index (χ1) is 7.68. The molecule has 1 rings (SSSR count). The zero-order chi connectivity index (χ0) is 13.1. The van der Waals surface area contributed by atoms with Crippen molar-refractivity contribution in [2.45, 2.75) is 25.4 Å². The lowest BCUT2D eigenvalue weighted by molar-refractivity contribution is -0.186. The fourth-order valence-corrected chi connectivity index (χ4v) is 2.79. The van der Waals surface area contributed by atoms with E-state index in [9.17, 15) is 21.6 Å². The second-order valence-electron chi connectivity index (χ2n) is 4.28. The highest BCUT2D eigenvalue weighted by molar-refractivity contribution is 8.13. The molecule has 1 unspecified atom stereocenters. The van der Waals surface area contributed by atoms with Gasteiger partial charge in [0, 0.05) is 17.2 Å². The van der Waals surface area contributed by atoms with Gasteiger partial charge in [0.15, 0.2) is 0 Å². The molecule has 0 amide bonds. The first kappa shape index (κ1) is 15.0. The first-order valence-electron chi connectivity index (χ1n) is 5.40. The van der Waals surface area contributed by atoms with Crippen LogP contribution in [0.2, 0.25) is 0 Å². The molecule has 0 N–H and O–H groups in total. The summed E-state index contributed by atoms with van der Waals surface area (Å²) in [6.07, 6.45) is -3.22. The fraction of sp³-hybridized carbons (Fsp3) is 1.00. The molecule has 1 fully saturated rings. The quantitative estimate of drug-likeness (QED) is 0.746. The summed E-state index contributed by atoms with van der Waals surface area (Å²) in [4.78, 5) is 1.66. The lowest BCUT2D eigenvalue weighted by Crippen LogP contribution is -2.42. The SMILES string of the molecule is O=S(=O)(Cl)CCCN1CCCC(C(F)(F)F)C1. The van der Waals surface area contributed by atoms with E-state index in [1.807, 2.05) is 0 Å². The van der Waals surface area contributed by atoms with Crippen LogP contribution in [0.1, 0.15) is 19.3 Å². The molecule has 1 aliphatic rings. The van der Waals surface area contributed by atoms with Crippen LogP contribution >= 0.6 is 10.7 Å². The number of nitrogens with zero attached hydrogens (tertiary/aromatic N) is 1. The molecule has 102 valence electrons. The van der Waals surface area contributed by atoms with Crippen molar-refractivity contribution >= 4 is 19.7 Å². The van der Waals surface area contributed by atoms with E-state index >= 15 is 0 Å². The Morgan fingerprint density at radius 1 is 1.35 bits per heavy atom. The molecule has 0 spiro atoms. The molecular weight excluding hydrogens is 279 g/mol. The number of piperidine rings is 1. The lowest BCUT2D eigenvalue weighted by Gasteiger charge is -2.33. The molecule has 1 aliphatic heterocycles. The number of hydrogen-bond acceptors (Lipinski definition) is 3. The Hall–Kier alpha value is -0.0100. The van der Waals surface area contributed by atoms with E-state index in [4.69, 9.17) is 10.7 Å². The van der Waals surface area contributed by atoms with Crippen molar-refractivity contribution in [3.63, 3.8) is 0 Å². The van der Waals surface area contributed by atoms with Gasteiger partial charge in [-0.1, -0.05) is 0 Å². The number of hydrogen-bond donors (Lipinski definition) is 0. The standard InChI is InChI=1S/C9H15ClF3NO2S/c10-17(15,16)6-2-5-14-4-1-3-8(7-14)9(11,12)13/h8H,1-7H2. The summed E-state index contributed by atoms with van der Waals surface area (Å²) >= 11 is 0. The van der Waals surface area contributed by atoms with Crippen molar-refractivity contribution < 1.29 is 21.6 Å². The zero-order valence-corrected chi connectivity index (χ0v) is 10.8. The van der Waals surface area contributed by atoms with E-state index in [0.29, 0.717) is 19.5 Å². The van der Waals surface area contributed by atoms with Crippen LogP contribution in [0.25, 0.3) is 0 Å². The van der Waals surface area contributed by atoms with Crippen molar-refractivity contribution in [2.24, 2.45) is 5.92 Å². The second-order valence-corrected chi connectivity index (χ2v) is 7.17. The van der Waals surface area contributed by atoms with Gasteiger partial charge < -0.3 is 4.90 Å². The molecule has 1 saturated heterocycles. The smallest absolute Gasteiger partial charge is 0.303 e. The molecule has 0 radical (unpaired) electrons. The minimum atomic E-state index is -4.16. The molecule has 1 atom stereocenters. The maximum atomic E-state index is 12.5. The van der Waals surface area contributed by atoms with Gasteiger partial charge in [-0.3, -0.25) is 0 Å². The maximum Gasteiger partial charge on any atom is 0.393 e. The topological polar surface area (TPSA) is 37.4 Å². The zero-order valence-electron chi connectivity index (χ0n) is 9.21. The Morgan fingerprint density at radius 3 is 2.53 bits per heavy atom. The van der Waals surface area contributed by atoms with Crippen molar-refractivity contribution in [3.8, 4) is 0 Å². The van der Waals surface area contributed by atoms with Crippen LogP contribution in [0.15, 0.2) is 0 Å². The lowest BCUT2D eigenvalue weighted by atomic mass is 9.97. The highest BCUT2D eigenvalue weighted by atomic mass is 35.7.